The average molecular weight is 291 g/mol. The fraction of sp³-hybridized carbons (Fsp3) is 0.438. The molecule has 114 valence electrons. The quantitative estimate of drug-likeness (QED) is 0.890. The second-order valence-corrected chi connectivity index (χ2v) is 5.41. The molecule has 2 atom stereocenters. The van der Waals surface area contributed by atoms with Gasteiger partial charge in [0.15, 0.2) is 0 Å². The number of aromatic nitrogens is 2. The molecule has 21 heavy (non-hydrogen) atoms. The molecule has 0 aliphatic heterocycles. The summed E-state index contributed by atoms with van der Waals surface area (Å²) in [4.78, 5) is 0. The van der Waals surface area contributed by atoms with Gasteiger partial charge in [0.25, 0.3) is 0 Å². The lowest BCUT2D eigenvalue weighted by molar-refractivity contribution is 0.170. The van der Waals surface area contributed by atoms with Crippen molar-refractivity contribution in [3.63, 3.8) is 0 Å². The van der Waals surface area contributed by atoms with Gasteiger partial charge in [0.2, 0.25) is 0 Å². The summed E-state index contributed by atoms with van der Waals surface area (Å²) >= 11 is 0. The Balaban J connectivity index is 2.00. The van der Waals surface area contributed by atoms with Gasteiger partial charge in [-0.15, -0.1) is 0 Å². The van der Waals surface area contributed by atoms with Crippen LogP contribution in [0.4, 0.5) is 4.39 Å². The highest BCUT2D eigenvalue weighted by atomic mass is 19.1. The van der Waals surface area contributed by atoms with Gasteiger partial charge in [0.05, 0.1) is 11.8 Å². The van der Waals surface area contributed by atoms with E-state index in [9.17, 15) is 9.50 Å². The Morgan fingerprint density at radius 3 is 2.43 bits per heavy atom. The van der Waals surface area contributed by atoms with Crippen LogP contribution >= 0.6 is 0 Å². The minimum absolute atomic E-state index is 0.0915. The molecule has 4 nitrogen and oxygen atoms in total. The van der Waals surface area contributed by atoms with Gasteiger partial charge in [-0.3, -0.25) is 4.68 Å². The number of aliphatic hydroxyl groups is 1. The Morgan fingerprint density at radius 2 is 1.90 bits per heavy atom. The van der Waals surface area contributed by atoms with Crippen molar-refractivity contribution in [3.8, 4) is 0 Å². The first-order valence-corrected chi connectivity index (χ1v) is 7.07. The van der Waals surface area contributed by atoms with E-state index in [0.29, 0.717) is 12.1 Å². The van der Waals surface area contributed by atoms with Gasteiger partial charge in [0, 0.05) is 30.9 Å². The molecular weight excluding hydrogens is 269 g/mol. The molecule has 0 saturated heterocycles. The van der Waals surface area contributed by atoms with Gasteiger partial charge in [-0.1, -0.05) is 12.1 Å². The molecule has 0 aliphatic carbocycles. The standard InChI is InChI=1S/C16H22FN3O/c1-10(16-11(2)19-20(4)12(16)3)18-9-15(21)13-5-7-14(17)8-6-13/h5-8,10,15,18,21H,9H2,1-4H3. The third-order valence-electron chi connectivity index (χ3n) is 3.87. The van der Waals surface area contributed by atoms with E-state index in [1.807, 2.05) is 32.5 Å². The van der Waals surface area contributed by atoms with E-state index in [1.54, 1.807) is 12.1 Å². The van der Waals surface area contributed by atoms with E-state index in [4.69, 9.17) is 0 Å². The highest BCUT2D eigenvalue weighted by molar-refractivity contribution is 5.27. The van der Waals surface area contributed by atoms with Crippen LogP contribution in [-0.4, -0.2) is 21.4 Å². The maximum atomic E-state index is 12.9. The summed E-state index contributed by atoms with van der Waals surface area (Å²) < 4.78 is 14.7. The summed E-state index contributed by atoms with van der Waals surface area (Å²) in [6.45, 7) is 6.47. The molecule has 0 saturated carbocycles. The average Bonchev–Trinajstić information content (AvgIpc) is 2.70. The van der Waals surface area contributed by atoms with Crippen molar-refractivity contribution in [2.45, 2.75) is 32.9 Å². The van der Waals surface area contributed by atoms with Crippen LogP contribution in [0.2, 0.25) is 0 Å². The Hall–Kier alpha value is -1.72. The van der Waals surface area contributed by atoms with Gasteiger partial charge >= 0.3 is 0 Å². The number of nitrogens with one attached hydrogen (secondary N) is 1. The van der Waals surface area contributed by atoms with Crippen molar-refractivity contribution < 1.29 is 9.50 Å². The monoisotopic (exact) mass is 291 g/mol. The lowest BCUT2D eigenvalue weighted by atomic mass is 10.1. The zero-order valence-corrected chi connectivity index (χ0v) is 12.9. The molecule has 2 N–H and O–H groups in total. The third kappa shape index (κ3) is 3.49. The van der Waals surface area contributed by atoms with Crippen LogP contribution < -0.4 is 5.32 Å². The molecule has 0 aliphatic rings. The van der Waals surface area contributed by atoms with E-state index < -0.39 is 6.10 Å². The number of hydrogen-bond acceptors (Lipinski definition) is 3. The smallest absolute Gasteiger partial charge is 0.123 e. The first kappa shape index (κ1) is 15.7. The molecule has 0 spiro atoms. The number of rotatable bonds is 5. The van der Waals surface area contributed by atoms with E-state index in [-0.39, 0.29) is 11.9 Å². The number of halogens is 1. The predicted molar refractivity (Wildman–Crippen MR) is 80.5 cm³/mol. The third-order valence-corrected chi connectivity index (χ3v) is 3.87. The Bertz CT molecular complexity index is 607. The molecule has 2 rings (SSSR count). The molecule has 1 heterocycles. The van der Waals surface area contributed by atoms with Gasteiger partial charge in [-0.05, 0) is 38.5 Å². The highest BCUT2D eigenvalue weighted by Gasteiger charge is 2.17. The molecule has 0 amide bonds. The Labute approximate surface area is 124 Å². The van der Waals surface area contributed by atoms with Gasteiger partial charge in [-0.25, -0.2) is 4.39 Å². The second kappa shape index (κ2) is 6.37. The van der Waals surface area contributed by atoms with Crippen LogP contribution in [0.25, 0.3) is 0 Å². The number of nitrogens with zero attached hydrogens (tertiary/aromatic N) is 2. The number of aryl methyl sites for hydroxylation is 2. The maximum absolute atomic E-state index is 12.9. The Kier molecular flexibility index (Phi) is 4.75. The lowest BCUT2D eigenvalue weighted by Crippen LogP contribution is -2.25. The summed E-state index contributed by atoms with van der Waals surface area (Å²) in [7, 11) is 1.92. The van der Waals surface area contributed by atoms with Crippen LogP contribution in [0.1, 0.15) is 41.6 Å². The molecule has 5 heteroatoms. The minimum Gasteiger partial charge on any atom is -0.387 e. The number of benzene rings is 1. The molecule has 1 aromatic carbocycles. The number of aliphatic hydroxyl groups excluding tert-OH is 1. The van der Waals surface area contributed by atoms with Crippen LogP contribution in [-0.2, 0) is 7.05 Å². The van der Waals surface area contributed by atoms with Crippen LogP contribution in [0.15, 0.2) is 24.3 Å². The van der Waals surface area contributed by atoms with E-state index in [2.05, 4.69) is 10.4 Å². The Morgan fingerprint density at radius 1 is 1.29 bits per heavy atom. The summed E-state index contributed by atoms with van der Waals surface area (Å²) in [5, 5.41) is 17.9. The van der Waals surface area contributed by atoms with Crippen LogP contribution in [0.3, 0.4) is 0 Å². The van der Waals surface area contributed by atoms with Crippen molar-refractivity contribution in [2.24, 2.45) is 7.05 Å². The first-order valence-electron chi connectivity index (χ1n) is 7.07. The largest absolute Gasteiger partial charge is 0.387 e. The predicted octanol–water partition coefficient (Wildman–Crippen LogP) is 2.56. The van der Waals surface area contributed by atoms with Crippen LogP contribution in [0.5, 0.6) is 0 Å². The SMILES string of the molecule is Cc1nn(C)c(C)c1C(C)NCC(O)c1ccc(F)cc1. The summed E-state index contributed by atoms with van der Waals surface area (Å²) in [5.41, 5.74) is 3.97. The molecule has 1 aromatic heterocycles. The molecule has 2 unspecified atom stereocenters. The summed E-state index contributed by atoms with van der Waals surface area (Å²) in [5.74, 6) is -0.297. The topological polar surface area (TPSA) is 50.1 Å². The highest BCUT2D eigenvalue weighted by Crippen LogP contribution is 2.21. The fourth-order valence-electron chi connectivity index (χ4n) is 2.61. The maximum Gasteiger partial charge on any atom is 0.123 e. The second-order valence-electron chi connectivity index (χ2n) is 5.41. The summed E-state index contributed by atoms with van der Waals surface area (Å²) in [6.07, 6.45) is -0.662. The molecule has 0 bridgehead atoms. The molecule has 0 fully saturated rings. The van der Waals surface area contributed by atoms with Gasteiger partial charge in [0.1, 0.15) is 5.82 Å². The molecular formula is C16H22FN3O. The van der Waals surface area contributed by atoms with Crippen molar-refractivity contribution in [1.29, 1.82) is 0 Å². The normalized spacial score (nSPS) is 14.2. The van der Waals surface area contributed by atoms with E-state index in [1.165, 1.54) is 12.1 Å². The van der Waals surface area contributed by atoms with Crippen LogP contribution in [0, 0.1) is 19.7 Å². The zero-order valence-electron chi connectivity index (χ0n) is 12.9. The van der Waals surface area contributed by atoms with Crippen molar-refractivity contribution >= 4 is 0 Å². The zero-order chi connectivity index (χ0) is 15.6. The molecule has 0 radical (unpaired) electrons. The van der Waals surface area contributed by atoms with Crippen molar-refractivity contribution in [2.75, 3.05) is 6.54 Å². The minimum atomic E-state index is -0.662. The van der Waals surface area contributed by atoms with Gasteiger partial charge < -0.3 is 10.4 Å². The van der Waals surface area contributed by atoms with E-state index >= 15 is 0 Å². The fourth-order valence-corrected chi connectivity index (χ4v) is 2.61. The lowest BCUT2D eigenvalue weighted by Gasteiger charge is -2.18. The van der Waals surface area contributed by atoms with Crippen molar-refractivity contribution in [1.82, 2.24) is 15.1 Å². The number of hydrogen-bond donors (Lipinski definition) is 2. The van der Waals surface area contributed by atoms with Crippen molar-refractivity contribution in [3.05, 3.63) is 52.6 Å². The van der Waals surface area contributed by atoms with Gasteiger partial charge in [-0.2, -0.15) is 5.10 Å². The molecule has 2 aromatic rings. The first-order chi connectivity index (χ1) is 9.90. The summed E-state index contributed by atoms with van der Waals surface area (Å²) in [6, 6.07) is 6.02. The van der Waals surface area contributed by atoms with E-state index in [0.717, 1.165) is 17.0 Å².